The second kappa shape index (κ2) is 8.43. The Labute approximate surface area is 161 Å². The van der Waals surface area contributed by atoms with Crippen molar-refractivity contribution in [1.82, 2.24) is 9.13 Å². The van der Waals surface area contributed by atoms with Crippen LogP contribution in [0.1, 0.15) is 19.8 Å². The van der Waals surface area contributed by atoms with Crippen molar-refractivity contribution in [1.29, 1.82) is 0 Å². The van der Waals surface area contributed by atoms with Crippen LogP contribution in [0.25, 0.3) is 11.0 Å². The molecular weight excluding hydrogens is 358 g/mol. The number of urea groups is 1. The average molecular weight is 381 g/mol. The molecule has 0 aliphatic carbocycles. The molecule has 1 heterocycles. The van der Waals surface area contributed by atoms with Crippen LogP contribution in [0.5, 0.6) is 0 Å². The molecule has 1 aromatic heterocycles. The smallest absolute Gasteiger partial charge is 0.329 e. The van der Waals surface area contributed by atoms with Crippen molar-refractivity contribution in [2.24, 2.45) is 5.73 Å². The van der Waals surface area contributed by atoms with E-state index in [1.54, 1.807) is 33.4 Å². The molecule has 0 spiro atoms. The molecule has 0 radical (unpaired) electrons. The van der Waals surface area contributed by atoms with E-state index in [0.29, 0.717) is 17.9 Å². The quantitative estimate of drug-likeness (QED) is 0.585. The van der Waals surface area contributed by atoms with Crippen molar-refractivity contribution in [3.8, 4) is 0 Å². The fourth-order valence-corrected chi connectivity index (χ4v) is 3.18. The Hall–Kier alpha value is -3.55. The van der Waals surface area contributed by atoms with Gasteiger partial charge in [-0.3, -0.25) is 13.9 Å². The van der Waals surface area contributed by atoms with Gasteiger partial charge in [0.25, 0.3) is 0 Å². The summed E-state index contributed by atoms with van der Waals surface area (Å²) in [6.45, 7) is 2.94. The number of nitrogens with zero attached hydrogens (tertiary/aromatic N) is 2. The number of aromatic nitrogens is 2. The molecule has 0 unspecified atom stereocenters. The van der Waals surface area contributed by atoms with Crippen LogP contribution < -0.4 is 22.1 Å². The van der Waals surface area contributed by atoms with Crippen molar-refractivity contribution in [3.05, 3.63) is 59.0 Å². The number of rotatable bonds is 7. The Morgan fingerprint density at radius 3 is 2.14 bits per heavy atom. The maximum atomic E-state index is 12.7. The zero-order valence-electron chi connectivity index (χ0n) is 15.6. The number of imidazole rings is 1. The van der Waals surface area contributed by atoms with E-state index in [1.165, 1.54) is 0 Å². The van der Waals surface area contributed by atoms with E-state index in [1.807, 2.05) is 31.2 Å². The van der Waals surface area contributed by atoms with E-state index >= 15 is 0 Å². The van der Waals surface area contributed by atoms with Crippen LogP contribution in [0.3, 0.4) is 0 Å². The highest BCUT2D eigenvalue weighted by Crippen LogP contribution is 2.16. The number of nitrogens with two attached hydrogens (primary N) is 1. The third-order valence-electron chi connectivity index (χ3n) is 4.35. The molecule has 0 fully saturated rings. The molecule has 3 aromatic rings. The van der Waals surface area contributed by atoms with Crippen LogP contribution >= 0.6 is 0 Å². The summed E-state index contributed by atoms with van der Waals surface area (Å²) in [5, 5.41) is 5.23. The van der Waals surface area contributed by atoms with Gasteiger partial charge >= 0.3 is 11.7 Å². The van der Waals surface area contributed by atoms with Crippen LogP contribution in [0.2, 0.25) is 0 Å². The van der Waals surface area contributed by atoms with Gasteiger partial charge in [0.15, 0.2) is 0 Å². The number of carbonyl (C=O) groups excluding carboxylic acids is 2. The van der Waals surface area contributed by atoms with Gasteiger partial charge in [-0.15, -0.1) is 0 Å². The molecule has 0 atom stereocenters. The van der Waals surface area contributed by atoms with Crippen molar-refractivity contribution in [2.75, 3.05) is 10.6 Å². The van der Waals surface area contributed by atoms with Gasteiger partial charge in [-0.1, -0.05) is 25.1 Å². The van der Waals surface area contributed by atoms with E-state index in [4.69, 9.17) is 5.73 Å². The number of aryl methyl sites for hydroxylation is 2. The highest BCUT2D eigenvalue weighted by molar-refractivity contribution is 5.93. The highest BCUT2D eigenvalue weighted by atomic mass is 16.2. The fourth-order valence-electron chi connectivity index (χ4n) is 3.18. The maximum absolute atomic E-state index is 12.7. The normalized spacial score (nSPS) is 10.8. The predicted octanol–water partition coefficient (Wildman–Crippen LogP) is 2.73. The van der Waals surface area contributed by atoms with Gasteiger partial charge in [0.1, 0.15) is 0 Å². The van der Waals surface area contributed by atoms with Gasteiger partial charge < -0.3 is 16.4 Å². The van der Waals surface area contributed by atoms with Gasteiger partial charge in [-0.05, 0) is 36.8 Å². The van der Waals surface area contributed by atoms with Crippen LogP contribution in [0, 0.1) is 0 Å². The van der Waals surface area contributed by atoms with E-state index in [0.717, 1.165) is 17.5 Å². The van der Waals surface area contributed by atoms with Crippen molar-refractivity contribution in [3.63, 3.8) is 0 Å². The van der Waals surface area contributed by atoms with Crippen LogP contribution in [-0.2, 0) is 17.9 Å². The van der Waals surface area contributed by atoms with E-state index in [2.05, 4.69) is 10.6 Å². The number of amides is 3. The second-order valence-corrected chi connectivity index (χ2v) is 6.44. The Balaban J connectivity index is 1.72. The number of para-hydroxylation sites is 2. The van der Waals surface area contributed by atoms with Crippen LogP contribution in [0.15, 0.2) is 53.3 Å². The first-order valence-electron chi connectivity index (χ1n) is 9.14. The second-order valence-electron chi connectivity index (χ2n) is 6.44. The van der Waals surface area contributed by atoms with E-state index in [-0.39, 0.29) is 24.6 Å². The lowest BCUT2D eigenvalue weighted by molar-refractivity contribution is -0.116. The number of nitrogens with one attached hydrogen (secondary N) is 2. The first-order valence-corrected chi connectivity index (χ1v) is 9.14. The Morgan fingerprint density at radius 2 is 1.54 bits per heavy atom. The molecule has 0 bridgehead atoms. The lowest BCUT2D eigenvalue weighted by Crippen LogP contribution is -2.26. The Morgan fingerprint density at radius 1 is 0.929 bits per heavy atom. The molecule has 0 saturated carbocycles. The predicted molar refractivity (Wildman–Crippen MR) is 109 cm³/mol. The molecular formula is C20H23N5O3. The summed E-state index contributed by atoms with van der Waals surface area (Å²) < 4.78 is 3.38. The van der Waals surface area contributed by atoms with Crippen molar-refractivity contribution >= 4 is 34.3 Å². The maximum Gasteiger partial charge on any atom is 0.329 e. The zero-order chi connectivity index (χ0) is 20.1. The average Bonchev–Trinajstić information content (AvgIpc) is 2.92. The molecule has 8 nitrogen and oxygen atoms in total. The van der Waals surface area contributed by atoms with Crippen molar-refractivity contribution in [2.45, 2.75) is 32.9 Å². The topological polar surface area (TPSA) is 111 Å². The van der Waals surface area contributed by atoms with Gasteiger partial charge in [-0.25, -0.2) is 9.59 Å². The van der Waals surface area contributed by atoms with Gasteiger partial charge in [-0.2, -0.15) is 0 Å². The molecule has 28 heavy (non-hydrogen) atoms. The third kappa shape index (κ3) is 4.22. The highest BCUT2D eigenvalue weighted by Gasteiger charge is 2.13. The standard InChI is InChI=1S/C20H23N5O3/c1-2-11-24-16-8-3-4-9-17(16)25(20(24)28)12-10-18(26)22-14-6-5-7-15(13-14)23-19(21)27/h3-9,13H,2,10-12H2,1H3,(H,22,26)(H3,21,23,27). The first-order chi connectivity index (χ1) is 13.5. The van der Waals surface area contributed by atoms with Gasteiger partial charge in [0, 0.05) is 30.9 Å². The number of hydrogen-bond donors (Lipinski definition) is 3. The summed E-state index contributed by atoms with van der Waals surface area (Å²) >= 11 is 0. The van der Waals surface area contributed by atoms with E-state index < -0.39 is 6.03 Å². The molecule has 2 aromatic carbocycles. The number of anilines is 2. The summed E-state index contributed by atoms with van der Waals surface area (Å²) in [5.41, 5.74) is 7.72. The largest absolute Gasteiger partial charge is 0.351 e. The van der Waals surface area contributed by atoms with Crippen molar-refractivity contribution < 1.29 is 9.59 Å². The summed E-state index contributed by atoms with van der Waals surface area (Å²) in [6.07, 6.45) is 0.998. The molecule has 0 aliphatic rings. The molecule has 8 heteroatoms. The summed E-state index contributed by atoms with van der Waals surface area (Å²) in [4.78, 5) is 36.0. The SMILES string of the molecule is CCCn1c(=O)n(CCC(=O)Nc2cccc(NC(N)=O)c2)c2ccccc21. The summed E-state index contributed by atoms with van der Waals surface area (Å²) in [6, 6.07) is 13.6. The van der Waals surface area contributed by atoms with Gasteiger partial charge in [0.2, 0.25) is 5.91 Å². The molecule has 0 aliphatic heterocycles. The zero-order valence-corrected chi connectivity index (χ0v) is 15.6. The van der Waals surface area contributed by atoms with E-state index in [9.17, 15) is 14.4 Å². The fraction of sp³-hybridized carbons (Fsp3) is 0.250. The number of benzene rings is 2. The molecule has 3 rings (SSSR count). The van der Waals surface area contributed by atoms with Crippen LogP contribution in [0.4, 0.5) is 16.2 Å². The molecule has 4 N–H and O–H groups in total. The number of carbonyl (C=O) groups is 2. The molecule has 146 valence electrons. The summed E-state index contributed by atoms with van der Waals surface area (Å²) in [5.74, 6) is -0.226. The Kier molecular flexibility index (Phi) is 5.78. The minimum Gasteiger partial charge on any atom is -0.351 e. The van der Waals surface area contributed by atoms with Crippen LogP contribution in [-0.4, -0.2) is 21.1 Å². The third-order valence-corrected chi connectivity index (χ3v) is 4.35. The summed E-state index contributed by atoms with van der Waals surface area (Å²) in [7, 11) is 0. The number of fused-ring (bicyclic) bond motifs is 1. The first kappa shape index (κ1) is 19.2. The lowest BCUT2D eigenvalue weighted by Gasteiger charge is -2.08. The lowest BCUT2D eigenvalue weighted by atomic mass is 10.2. The minimum atomic E-state index is -0.675. The minimum absolute atomic E-state index is 0.108. The molecule has 3 amide bonds. The van der Waals surface area contributed by atoms with Gasteiger partial charge in [0.05, 0.1) is 11.0 Å². The Bertz CT molecular complexity index is 1070. The number of hydrogen-bond acceptors (Lipinski definition) is 3. The molecule has 0 saturated heterocycles. The monoisotopic (exact) mass is 381 g/mol. The number of primary amides is 1.